The van der Waals surface area contributed by atoms with Crippen LogP contribution in [0.4, 0.5) is 26.3 Å². The highest BCUT2D eigenvalue weighted by molar-refractivity contribution is 5.73. The van der Waals surface area contributed by atoms with Crippen molar-refractivity contribution in [3.8, 4) is 5.75 Å². The van der Waals surface area contributed by atoms with E-state index in [0.29, 0.717) is 24.5 Å². The van der Waals surface area contributed by atoms with Crippen molar-refractivity contribution in [3.63, 3.8) is 0 Å². The molecule has 2 fully saturated rings. The SMILES string of the molecule is Cc1ccc(OC[C@@H]2CO[C@@H]3CN(Cc4ccco4)C[C@H]23)cn1.O=C(O)C(F)(F)F.O=C(O)C(F)(F)F. The molecule has 0 unspecified atom stereocenters. The lowest BCUT2D eigenvalue weighted by atomic mass is 9.94. The zero-order valence-corrected chi connectivity index (χ0v) is 19.3. The molecule has 2 saturated heterocycles. The van der Waals surface area contributed by atoms with Gasteiger partial charge in [-0.1, -0.05) is 0 Å². The number of aryl methyl sites for hydroxylation is 1. The number of pyridine rings is 1. The first-order valence-electron chi connectivity index (χ1n) is 10.7. The van der Waals surface area contributed by atoms with Crippen LogP contribution in [0.5, 0.6) is 5.75 Å². The van der Waals surface area contributed by atoms with E-state index in [4.69, 9.17) is 33.7 Å². The molecule has 4 heterocycles. The molecular weight excluding hydrogens is 518 g/mol. The van der Waals surface area contributed by atoms with Gasteiger partial charge in [0.1, 0.15) is 11.5 Å². The number of aliphatic carboxylic acids is 2. The molecular formula is C22H24F6N2O7. The first-order chi connectivity index (χ1) is 17.2. The van der Waals surface area contributed by atoms with E-state index < -0.39 is 24.3 Å². The summed E-state index contributed by atoms with van der Waals surface area (Å²) in [5.74, 6) is -2.67. The van der Waals surface area contributed by atoms with Gasteiger partial charge in [0, 0.05) is 30.6 Å². The lowest BCUT2D eigenvalue weighted by Crippen LogP contribution is -2.26. The maximum atomic E-state index is 10.6. The topological polar surface area (TPSA) is 122 Å². The second kappa shape index (κ2) is 12.8. The second-order valence-electron chi connectivity index (χ2n) is 8.12. The molecule has 2 N–H and O–H groups in total. The van der Waals surface area contributed by atoms with E-state index in [1.54, 1.807) is 12.5 Å². The molecule has 206 valence electrons. The van der Waals surface area contributed by atoms with Crippen LogP contribution in [-0.2, 0) is 20.9 Å². The molecule has 37 heavy (non-hydrogen) atoms. The summed E-state index contributed by atoms with van der Waals surface area (Å²) >= 11 is 0. The fourth-order valence-corrected chi connectivity index (χ4v) is 3.55. The molecule has 0 spiro atoms. The van der Waals surface area contributed by atoms with Crippen LogP contribution < -0.4 is 4.74 Å². The maximum absolute atomic E-state index is 10.6. The Bertz CT molecular complexity index is 972. The summed E-state index contributed by atoms with van der Waals surface area (Å²) in [7, 11) is 0. The van der Waals surface area contributed by atoms with Gasteiger partial charge in [0.25, 0.3) is 0 Å². The third-order valence-electron chi connectivity index (χ3n) is 5.31. The van der Waals surface area contributed by atoms with Crippen molar-refractivity contribution in [3.05, 3.63) is 48.2 Å². The Labute approximate surface area is 206 Å². The van der Waals surface area contributed by atoms with E-state index in [1.165, 1.54) is 0 Å². The van der Waals surface area contributed by atoms with Gasteiger partial charge in [0.05, 0.1) is 38.3 Å². The van der Waals surface area contributed by atoms with Crippen LogP contribution in [0, 0.1) is 18.8 Å². The third-order valence-corrected chi connectivity index (χ3v) is 5.31. The number of hydrogen-bond acceptors (Lipinski definition) is 7. The van der Waals surface area contributed by atoms with Gasteiger partial charge in [-0.25, -0.2) is 9.59 Å². The first kappa shape index (κ1) is 29.9. The van der Waals surface area contributed by atoms with Crippen LogP contribution in [0.25, 0.3) is 0 Å². The smallest absolute Gasteiger partial charge is 0.490 e. The van der Waals surface area contributed by atoms with E-state index in [0.717, 1.165) is 43.4 Å². The van der Waals surface area contributed by atoms with Gasteiger partial charge in [0.2, 0.25) is 0 Å². The molecule has 2 aromatic rings. The number of furan rings is 1. The normalized spacial score (nSPS) is 21.2. The number of alkyl halides is 6. The van der Waals surface area contributed by atoms with Gasteiger partial charge >= 0.3 is 24.3 Å². The molecule has 2 aliphatic rings. The van der Waals surface area contributed by atoms with Crippen molar-refractivity contribution >= 4 is 11.9 Å². The number of nitrogens with zero attached hydrogens (tertiary/aromatic N) is 2. The highest BCUT2D eigenvalue weighted by atomic mass is 19.4. The predicted octanol–water partition coefficient (Wildman–Crippen LogP) is 3.78. The molecule has 4 rings (SSSR count). The number of carboxylic acid groups (broad SMARTS) is 2. The Kier molecular flexibility index (Phi) is 10.3. The van der Waals surface area contributed by atoms with Crippen LogP contribution in [-0.4, -0.2) is 76.8 Å². The summed E-state index contributed by atoms with van der Waals surface area (Å²) in [6.07, 6.45) is -6.31. The van der Waals surface area contributed by atoms with Gasteiger partial charge in [0.15, 0.2) is 0 Å². The summed E-state index contributed by atoms with van der Waals surface area (Å²) in [4.78, 5) is 24.5. The molecule has 0 amide bonds. The lowest BCUT2D eigenvalue weighted by molar-refractivity contribution is -0.193. The van der Waals surface area contributed by atoms with Crippen LogP contribution in [0.15, 0.2) is 41.1 Å². The average molecular weight is 542 g/mol. The minimum absolute atomic E-state index is 0.328. The number of carbonyl (C=O) groups is 2. The molecule has 9 nitrogen and oxygen atoms in total. The number of rotatable bonds is 5. The number of likely N-dealkylation sites (tertiary alicyclic amines) is 1. The molecule has 0 aromatic carbocycles. The largest absolute Gasteiger partial charge is 0.492 e. The highest BCUT2D eigenvalue weighted by Crippen LogP contribution is 2.34. The van der Waals surface area contributed by atoms with Gasteiger partial charge in [-0.2, -0.15) is 26.3 Å². The predicted molar refractivity (Wildman–Crippen MR) is 113 cm³/mol. The van der Waals surface area contributed by atoms with E-state index >= 15 is 0 Å². The van der Waals surface area contributed by atoms with Crippen LogP contribution in [0.3, 0.4) is 0 Å². The van der Waals surface area contributed by atoms with Crippen molar-refractivity contribution in [2.24, 2.45) is 11.8 Å². The zero-order valence-electron chi connectivity index (χ0n) is 19.3. The molecule has 15 heteroatoms. The lowest BCUT2D eigenvalue weighted by Gasteiger charge is -2.19. The van der Waals surface area contributed by atoms with E-state index in [-0.39, 0.29) is 0 Å². The number of ether oxygens (including phenoxy) is 2. The Morgan fingerprint density at radius 1 is 1.08 bits per heavy atom. The Hall–Kier alpha value is -3.33. The summed E-state index contributed by atoms with van der Waals surface area (Å²) in [5.41, 5.74) is 1.01. The summed E-state index contributed by atoms with van der Waals surface area (Å²) in [5, 5.41) is 14.2. The Morgan fingerprint density at radius 2 is 1.70 bits per heavy atom. The number of fused-ring (bicyclic) bond motifs is 1. The monoisotopic (exact) mass is 542 g/mol. The molecule has 0 aliphatic carbocycles. The zero-order chi connectivity index (χ0) is 27.8. The molecule has 2 aromatic heterocycles. The Balaban J connectivity index is 0.000000286. The van der Waals surface area contributed by atoms with Gasteiger partial charge < -0.3 is 24.1 Å². The number of aromatic nitrogens is 1. The maximum Gasteiger partial charge on any atom is 0.490 e. The standard InChI is InChI=1S/C18H22N2O3.2C2HF3O2/c1-13-4-5-15(7-19-13)22-11-14-12-23-18-10-20(9-17(14)18)8-16-3-2-6-21-16;2*3-2(4,5)1(6)7/h2-7,14,17-18H,8-12H2,1H3;2*(H,6,7)/t14-,17-,18-;;/m1../s1. The molecule has 0 radical (unpaired) electrons. The van der Waals surface area contributed by atoms with Crippen LogP contribution in [0.1, 0.15) is 11.5 Å². The third kappa shape index (κ3) is 9.92. The second-order valence-corrected chi connectivity index (χ2v) is 8.12. The summed E-state index contributed by atoms with van der Waals surface area (Å²) in [6, 6.07) is 7.92. The van der Waals surface area contributed by atoms with Crippen molar-refractivity contribution in [2.45, 2.75) is 31.9 Å². The quantitative estimate of drug-likeness (QED) is 0.544. The van der Waals surface area contributed by atoms with Crippen LogP contribution in [0.2, 0.25) is 0 Å². The van der Waals surface area contributed by atoms with Gasteiger partial charge in [-0.3, -0.25) is 9.88 Å². The molecule has 2 aliphatic heterocycles. The fourth-order valence-electron chi connectivity index (χ4n) is 3.55. The van der Waals surface area contributed by atoms with Gasteiger partial charge in [-0.05, 0) is 31.2 Å². The Morgan fingerprint density at radius 3 is 2.19 bits per heavy atom. The van der Waals surface area contributed by atoms with Crippen molar-refractivity contribution in [2.75, 3.05) is 26.3 Å². The molecule has 0 saturated carbocycles. The fraction of sp³-hybridized carbons (Fsp3) is 0.500. The van der Waals surface area contributed by atoms with Gasteiger partial charge in [-0.15, -0.1) is 0 Å². The number of carboxylic acids is 2. The number of halogens is 6. The van der Waals surface area contributed by atoms with E-state index in [9.17, 15) is 26.3 Å². The molecule has 3 atom stereocenters. The first-order valence-corrected chi connectivity index (χ1v) is 10.7. The average Bonchev–Trinajstić information content (AvgIpc) is 3.52. The van der Waals surface area contributed by atoms with Crippen molar-refractivity contribution < 1.29 is 60.0 Å². The van der Waals surface area contributed by atoms with Crippen molar-refractivity contribution in [1.82, 2.24) is 9.88 Å². The highest BCUT2D eigenvalue weighted by Gasteiger charge is 2.44. The summed E-state index contributed by atoms with van der Waals surface area (Å²) < 4.78 is 80.8. The van der Waals surface area contributed by atoms with Crippen LogP contribution >= 0.6 is 0 Å². The number of hydrogen-bond donors (Lipinski definition) is 2. The van der Waals surface area contributed by atoms with E-state index in [1.807, 2.05) is 31.2 Å². The minimum atomic E-state index is -5.08. The van der Waals surface area contributed by atoms with E-state index in [2.05, 4.69) is 9.88 Å². The minimum Gasteiger partial charge on any atom is -0.492 e. The summed E-state index contributed by atoms with van der Waals surface area (Å²) in [6.45, 7) is 6.35. The van der Waals surface area contributed by atoms with Crippen molar-refractivity contribution in [1.29, 1.82) is 0 Å². The molecule has 0 bridgehead atoms.